The Morgan fingerprint density at radius 3 is 1.95 bits per heavy atom. The lowest BCUT2D eigenvalue weighted by atomic mass is 9.90. The fourth-order valence-corrected chi connectivity index (χ4v) is 5.37. The molecular weight excluding hydrogens is 578 g/mol. The molecule has 2 aromatic carbocycles. The van der Waals surface area contributed by atoms with Crippen molar-refractivity contribution in [1.82, 2.24) is 10.2 Å². The van der Waals surface area contributed by atoms with Gasteiger partial charge in [0.25, 0.3) is 5.91 Å². The van der Waals surface area contributed by atoms with Gasteiger partial charge >= 0.3 is 18.4 Å². The van der Waals surface area contributed by atoms with Gasteiger partial charge in [-0.25, -0.2) is 4.79 Å². The maximum atomic E-state index is 13.5. The SMILES string of the molecule is CCCc1cc(C(C(F)(F)F)C(F)(F)F)cc(CCC)c1OCCCCN1C(=O)NC(C)(Cc2ccc(OC)cc2)C1=O. The average Bonchev–Trinajstić information content (AvgIpc) is 3.11. The number of halogens is 6. The third kappa shape index (κ3) is 8.35. The molecule has 1 heterocycles. The van der Waals surface area contributed by atoms with Crippen LogP contribution in [0.15, 0.2) is 36.4 Å². The number of rotatable bonds is 14. The molecule has 1 fully saturated rings. The normalized spacial score (nSPS) is 17.5. The van der Waals surface area contributed by atoms with Gasteiger partial charge in [-0.15, -0.1) is 0 Å². The van der Waals surface area contributed by atoms with Crippen LogP contribution in [0.4, 0.5) is 31.1 Å². The van der Waals surface area contributed by atoms with Crippen molar-refractivity contribution in [3.8, 4) is 11.5 Å². The van der Waals surface area contributed by atoms with E-state index in [1.165, 1.54) is 0 Å². The molecule has 1 unspecified atom stereocenters. The summed E-state index contributed by atoms with van der Waals surface area (Å²) in [5.41, 5.74) is -0.509. The second kappa shape index (κ2) is 13.9. The van der Waals surface area contributed by atoms with Gasteiger partial charge in [-0.1, -0.05) is 51.0 Å². The van der Waals surface area contributed by atoms with E-state index in [0.29, 0.717) is 54.7 Å². The maximum absolute atomic E-state index is 13.5. The number of unbranched alkanes of at least 4 members (excludes halogenated alkanes) is 1. The number of urea groups is 1. The van der Waals surface area contributed by atoms with Gasteiger partial charge < -0.3 is 14.8 Å². The van der Waals surface area contributed by atoms with Crippen LogP contribution in [0, 0.1) is 0 Å². The Hall–Kier alpha value is -3.44. The van der Waals surface area contributed by atoms with E-state index < -0.39 is 35.4 Å². The molecule has 1 saturated heterocycles. The molecule has 12 heteroatoms. The van der Waals surface area contributed by atoms with Crippen LogP contribution in [-0.2, 0) is 24.1 Å². The van der Waals surface area contributed by atoms with Crippen molar-refractivity contribution in [2.75, 3.05) is 20.3 Å². The number of nitrogens with one attached hydrogen (secondary N) is 1. The predicted octanol–water partition coefficient (Wildman–Crippen LogP) is 7.52. The van der Waals surface area contributed by atoms with Gasteiger partial charge in [-0.05, 0) is 67.0 Å². The molecule has 0 aliphatic carbocycles. The van der Waals surface area contributed by atoms with Crippen LogP contribution in [-0.4, -0.2) is 55.0 Å². The minimum absolute atomic E-state index is 0.113. The summed E-state index contributed by atoms with van der Waals surface area (Å²) < 4.78 is 92.0. The molecule has 1 aliphatic rings. The first-order valence-corrected chi connectivity index (χ1v) is 14.3. The highest BCUT2D eigenvalue weighted by atomic mass is 19.4. The summed E-state index contributed by atoms with van der Waals surface area (Å²) in [7, 11) is 1.55. The predicted molar refractivity (Wildman–Crippen MR) is 149 cm³/mol. The second-order valence-electron chi connectivity index (χ2n) is 11.0. The van der Waals surface area contributed by atoms with E-state index in [4.69, 9.17) is 9.47 Å². The van der Waals surface area contributed by atoms with Crippen molar-refractivity contribution in [2.45, 2.75) is 89.5 Å². The summed E-state index contributed by atoms with van der Waals surface area (Å²) in [6.45, 7) is 5.47. The van der Waals surface area contributed by atoms with Crippen LogP contribution in [0.25, 0.3) is 0 Å². The monoisotopic (exact) mass is 616 g/mol. The number of carbonyl (C=O) groups is 2. The van der Waals surface area contributed by atoms with Crippen LogP contribution >= 0.6 is 0 Å². The molecule has 1 N–H and O–H groups in total. The fourth-order valence-electron chi connectivity index (χ4n) is 5.37. The van der Waals surface area contributed by atoms with E-state index in [9.17, 15) is 35.9 Å². The first kappa shape index (κ1) is 34.1. The highest BCUT2D eigenvalue weighted by molar-refractivity contribution is 6.06. The van der Waals surface area contributed by atoms with E-state index in [1.54, 1.807) is 40.0 Å². The third-order valence-electron chi connectivity index (χ3n) is 7.38. The zero-order valence-corrected chi connectivity index (χ0v) is 24.8. The zero-order valence-electron chi connectivity index (χ0n) is 24.8. The number of hydrogen-bond donors (Lipinski definition) is 1. The summed E-state index contributed by atoms with van der Waals surface area (Å²) in [6, 6.07) is 8.60. The second-order valence-corrected chi connectivity index (χ2v) is 11.0. The smallest absolute Gasteiger partial charge is 0.404 e. The Morgan fingerprint density at radius 2 is 1.47 bits per heavy atom. The Bertz CT molecular complexity index is 1220. The molecule has 2 aromatic rings. The molecule has 0 saturated carbocycles. The first-order valence-electron chi connectivity index (χ1n) is 14.3. The number of amides is 3. The lowest BCUT2D eigenvalue weighted by molar-refractivity contribution is -0.253. The van der Waals surface area contributed by atoms with Crippen LogP contribution < -0.4 is 14.8 Å². The molecule has 6 nitrogen and oxygen atoms in total. The van der Waals surface area contributed by atoms with E-state index in [-0.39, 0.29) is 31.9 Å². The number of benzene rings is 2. The van der Waals surface area contributed by atoms with Gasteiger partial charge in [0.15, 0.2) is 5.92 Å². The number of alkyl halides is 6. The third-order valence-corrected chi connectivity index (χ3v) is 7.38. The van der Waals surface area contributed by atoms with Crippen molar-refractivity contribution >= 4 is 11.9 Å². The van der Waals surface area contributed by atoms with Crippen molar-refractivity contribution in [2.24, 2.45) is 0 Å². The Kier molecular flexibility index (Phi) is 11.0. The molecule has 3 rings (SSSR count). The van der Waals surface area contributed by atoms with Crippen molar-refractivity contribution < 1.29 is 45.4 Å². The van der Waals surface area contributed by atoms with Crippen molar-refractivity contribution in [3.05, 3.63) is 58.7 Å². The van der Waals surface area contributed by atoms with E-state index in [0.717, 1.165) is 22.6 Å². The minimum Gasteiger partial charge on any atom is -0.497 e. The Balaban J connectivity index is 1.67. The highest BCUT2D eigenvalue weighted by Crippen LogP contribution is 2.48. The zero-order chi connectivity index (χ0) is 32.0. The topological polar surface area (TPSA) is 67.9 Å². The quantitative estimate of drug-likeness (QED) is 0.136. The number of ether oxygens (including phenoxy) is 2. The summed E-state index contributed by atoms with van der Waals surface area (Å²) >= 11 is 0. The number of aryl methyl sites for hydroxylation is 2. The number of nitrogens with zero attached hydrogens (tertiary/aromatic N) is 1. The molecule has 43 heavy (non-hydrogen) atoms. The van der Waals surface area contributed by atoms with Crippen LogP contribution in [0.1, 0.15) is 74.6 Å². The van der Waals surface area contributed by atoms with Gasteiger partial charge in [-0.2, -0.15) is 26.3 Å². The number of carbonyl (C=O) groups excluding carboxylic acids is 2. The van der Waals surface area contributed by atoms with Gasteiger partial charge in [0.05, 0.1) is 13.7 Å². The summed E-state index contributed by atoms with van der Waals surface area (Å²) in [5, 5.41) is 2.77. The Morgan fingerprint density at radius 1 is 0.907 bits per heavy atom. The lowest BCUT2D eigenvalue weighted by Gasteiger charge is -2.26. The summed E-state index contributed by atoms with van der Waals surface area (Å²) in [6.07, 6.45) is -8.40. The van der Waals surface area contributed by atoms with Gasteiger partial charge in [0.2, 0.25) is 0 Å². The van der Waals surface area contributed by atoms with E-state index in [1.807, 2.05) is 12.1 Å². The number of imide groups is 1. The van der Waals surface area contributed by atoms with E-state index in [2.05, 4.69) is 5.32 Å². The summed E-state index contributed by atoms with van der Waals surface area (Å²) in [5.74, 6) is -2.97. The van der Waals surface area contributed by atoms with Gasteiger partial charge in [-0.3, -0.25) is 9.69 Å². The summed E-state index contributed by atoms with van der Waals surface area (Å²) in [4.78, 5) is 26.9. The van der Waals surface area contributed by atoms with Crippen LogP contribution in [0.2, 0.25) is 0 Å². The average molecular weight is 617 g/mol. The maximum Gasteiger partial charge on any atom is 0.404 e. The number of hydrogen-bond acceptors (Lipinski definition) is 4. The molecule has 1 atom stereocenters. The van der Waals surface area contributed by atoms with Crippen LogP contribution in [0.5, 0.6) is 11.5 Å². The molecule has 0 bridgehead atoms. The lowest BCUT2D eigenvalue weighted by Crippen LogP contribution is -2.46. The standard InChI is InChI=1S/C31H38F6N2O4/c1-5-9-21-17-23(26(30(32,33)34)31(35,36)37)18-22(10-6-2)25(21)43-16-8-7-15-39-27(40)29(3,38-28(39)41)19-20-11-13-24(42-4)14-12-20/h11-14,17-18,26H,5-10,15-16,19H2,1-4H3,(H,38,41). The molecule has 1 aliphatic heterocycles. The molecule has 0 radical (unpaired) electrons. The Labute approximate surface area is 247 Å². The highest BCUT2D eigenvalue weighted by Gasteiger charge is 2.57. The number of methoxy groups -OCH3 is 1. The largest absolute Gasteiger partial charge is 0.497 e. The van der Waals surface area contributed by atoms with Gasteiger partial charge in [0.1, 0.15) is 17.0 Å². The van der Waals surface area contributed by atoms with E-state index >= 15 is 0 Å². The molecule has 0 aromatic heterocycles. The van der Waals surface area contributed by atoms with Crippen molar-refractivity contribution in [1.29, 1.82) is 0 Å². The van der Waals surface area contributed by atoms with Crippen molar-refractivity contribution in [3.63, 3.8) is 0 Å². The molecular formula is C31H38F6N2O4. The van der Waals surface area contributed by atoms with Crippen LogP contribution in [0.3, 0.4) is 0 Å². The minimum atomic E-state index is -5.49. The van der Waals surface area contributed by atoms with Gasteiger partial charge in [0, 0.05) is 13.0 Å². The molecule has 0 spiro atoms. The fraction of sp³-hybridized carbons (Fsp3) is 0.548. The first-order chi connectivity index (χ1) is 20.1. The molecule has 238 valence electrons. The molecule has 3 amide bonds.